The second-order valence-electron chi connectivity index (χ2n) is 4.43. The van der Waals surface area contributed by atoms with Crippen LogP contribution in [0.25, 0.3) is 0 Å². The molecule has 1 aliphatic carbocycles. The number of carbonyl (C=O) groups is 3. The molecule has 1 aromatic rings. The Hall–Kier alpha value is -2.23. The maximum atomic E-state index is 12.2. The van der Waals surface area contributed by atoms with Gasteiger partial charge in [0.1, 0.15) is 0 Å². The molecule has 0 fully saturated rings. The van der Waals surface area contributed by atoms with Gasteiger partial charge in [0.15, 0.2) is 23.4 Å². The summed E-state index contributed by atoms with van der Waals surface area (Å²) < 4.78 is 5.31. The normalized spacial score (nSPS) is 25.1. The molecular weight excluding hydrogens is 232 g/mol. The fraction of sp³-hybridized carbons (Fsp3) is 0.214. The van der Waals surface area contributed by atoms with Crippen molar-refractivity contribution in [2.45, 2.75) is 13.0 Å². The fourth-order valence-corrected chi connectivity index (χ4v) is 2.38. The summed E-state index contributed by atoms with van der Waals surface area (Å²) in [5.74, 6) is -1.21. The largest absolute Gasteiger partial charge is 0.478 e. The van der Waals surface area contributed by atoms with Gasteiger partial charge < -0.3 is 4.74 Å². The number of hydrogen-bond donors (Lipinski definition) is 0. The number of Topliss-reactive ketones (excluding diaryl/α,β-unsaturated/α-hetero) is 3. The molecule has 0 spiro atoms. The van der Waals surface area contributed by atoms with Crippen LogP contribution < -0.4 is 0 Å². The zero-order valence-corrected chi connectivity index (χ0v) is 9.67. The molecule has 4 heteroatoms. The van der Waals surface area contributed by atoms with E-state index < -0.39 is 12.0 Å². The average Bonchev–Trinajstić information content (AvgIpc) is 2.81. The minimum absolute atomic E-state index is 0.111. The van der Waals surface area contributed by atoms with Gasteiger partial charge in [-0.2, -0.15) is 0 Å². The SMILES string of the molecule is CC(=O)C1=C[C@@H]2C(=O)c3ccccc3C(=O)[C@@H]2O1. The minimum atomic E-state index is -0.869. The summed E-state index contributed by atoms with van der Waals surface area (Å²) in [5.41, 5.74) is 0.787. The number of fused-ring (bicyclic) bond motifs is 2. The average molecular weight is 242 g/mol. The summed E-state index contributed by atoms with van der Waals surface area (Å²) >= 11 is 0. The Morgan fingerprint density at radius 3 is 2.33 bits per heavy atom. The Bertz CT molecular complexity index is 612. The Morgan fingerprint density at radius 2 is 1.72 bits per heavy atom. The molecule has 1 heterocycles. The predicted molar refractivity (Wildman–Crippen MR) is 62.2 cm³/mol. The zero-order chi connectivity index (χ0) is 12.9. The molecule has 3 rings (SSSR count). The van der Waals surface area contributed by atoms with E-state index in [0.29, 0.717) is 11.1 Å². The van der Waals surface area contributed by atoms with Crippen molar-refractivity contribution in [3.63, 3.8) is 0 Å². The molecule has 1 aliphatic heterocycles. The highest BCUT2D eigenvalue weighted by atomic mass is 16.5. The van der Waals surface area contributed by atoms with Crippen LogP contribution >= 0.6 is 0 Å². The number of benzene rings is 1. The second-order valence-corrected chi connectivity index (χ2v) is 4.43. The van der Waals surface area contributed by atoms with Crippen molar-refractivity contribution < 1.29 is 19.1 Å². The lowest BCUT2D eigenvalue weighted by molar-refractivity contribution is -0.117. The molecular formula is C14H10O4. The van der Waals surface area contributed by atoms with Gasteiger partial charge in [0.2, 0.25) is 5.78 Å². The van der Waals surface area contributed by atoms with E-state index in [-0.39, 0.29) is 23.1 Å². The topological polar surface area (TPSA) is 60.4 Å². The summed E-state index contributed by atoms with van der Waals surface area (Å²) in [4.78, 5) is 35.7. The Labute approximate surface area is 103 Å². The monoisotopic (exact) mass is 242 g/mol. The van der Waals surface area contributed by atoms with E-state index in [4.69, 9.17) is 4.74 Å². The van der Waals surface area contributed by atoms with Gasteiger partial charge in [-0.3, -0.25) is 14.4 Å². The van der Waals surface area contributed by atoms with Crippen LogP contribution in [0.2, 0.25) is 0 Å². The Morgan fingerprint density at radius 1 is 1.11 bits per heavy atom. The van der Waals surface area contributed by atoms with E-state index in [0.717, 1.165) is 0 Å². The van der Waals surface area contributed by atoms with E-state index in [9.17, 15) is 14.4 Å². The summed E-state index contributed by atoms with van der Waals surface area (Å²) in [7, 11) is 0. The van der Waals surface area contributed by atoms with Crippen molar-refractivity contribution >= 4 is 17.3 Å². The number of carbonyl (C=O) groups excluding carboxylic acids is 3. The molecule has 0 aromatic heterocycles. The number of ketones is 3. The molecule has 2 atom stereocenters. The minimum Gasteiger partial charge on any atom is -0.478 e. The van der Waals surface area contributed by atoms with Gasteiger partial charge >= 0.3 is 0 Å². The molecule has 90 valence electrons. The maximum Gasteiger partial charge on any atom is 0.205 e. The van der Waals surface area contributed by atoms with Gasteiger partial charge in [0, 0.05) is 18.1 Å². The van der Waals surface area contributed by atoms with Gasteiger partial charge in [-0.05, 0) is 6.08 Å². The van der Waals surface area contributed by atoms with Crippen molar-refractivity contribution in [1.82, 2.24) is 0 Å². The van der Waals surface area contributed by atoms with Gasteiger partial charge in [-0.15, -0.1) is 0 Å². The van der Waals surface area contributed by atoms with Gasteiger partial charge in [-0.25, -0.2) is 0 Å². The zero-order valence-electron chi connectivity index (χ0n) is 9.67. The second kappa shape index (κ2) is 3.63. The molecule has 0 N–H and O–H groups in total. The first-order valence-electron chi connectivity index (χ1n) is 5.66. The van der Waals surface area contributed by atoms with E-state index >= 15 is 0 Å². The third-order valence-corrected chi connectivity index (χ3v) is 3.28. The lowest BCUT2D eigenvalue weighted by Crippen LogP contribution is -2.38. The number of allylic oxidation sites excluding steroid dienone is 1. The predicted octanol–water partition coefficient (Wildman–Crippen LogP) is 1.55. The molecule has 1 aromatic carbocycles. The Balaban J connectivity index is 2.10. The molecule has 0 saturated carbocycles. The number of hydrogen-bond acceptors (Lipinski definition) is 4. The maximum absolute atomic E-state index is 12.2. The van der Waals surface area contributed by atoms with E-state index in [2.05, 4.69) is 0 Å². The van der Waals surface area contributed by atoms with Crippen molar-refractivity contribution in [2.24, 2.45) is 5.92 Å². The third-order valence-electron chi connectivity index (χ3n) is 3.28. The van der Waals surface area contributed by atoms with Crippen molar-refractivity contribution in [3.05, 3.63) is 47.2 Å². The highest BCUT2D eigenvalue weighted by Gasteiger charge is 2.46. The summed E-state index contributed by atoms with van der Waals surface area (Å²) in [5, 5.41) is 0. The third kappa shape index (κ3) is 1.35. The molecule has 0 amide bonds. The van der Waals surface area contributed by atoms with Crippen LogP contribution in [0.3, 0.4) is 0 Å². The molecule has 0 bridgehead atoms. The smallest absolute Gasteiger partial charge is 0.205 e. The lowest BCUT2D eigenvalue weighted by Gasteiger charge is -2.23. The molecule has 18 heavy (non-hydrogen) atoms. The van der Waals surface area contributed by atoms with Gasteiger partial charge in [0.25, 0.3) is 0 Å². The molecule has 4 nitrogen and oxygen atoms in total. The first kappa shape index (κ1) is 10.9. The van der Waals surface area contributed by atoms with Gasteiger partial charge in [-0.1, -0.05) is 24.3 Å². The van der Waals surface area contributed by atoms with Crippen LogP contribution in [0.15, 0.2) is 36.1 Å². The standard InChI is InChI=1S/C14H10O4/c1-7(15)11-6-10-12(16)8-4-2-3-5-9(8)13(17)14(10)18-11/h2-6,10,14H,1H3/t10-,14-/m1/s1. The van der Waals surface area contributed by atoms with Crippen LogP contribution in [0.4, 0.5) is 0 Å². The summed E-state index contributed by atoms with van der Waals surface area (Å²) in [6.45, 7) is 1.35. The van der Waals surface area contributed by atoms with Crippen LogP contribution in [0, 0.1) is 5.92 Å². The van der Waals surface area contributed by atoms with Crippen LogP contribution in [0.5, 0.6) is 0 Å². The van der Waals surface area contributed by atoms with Crippen molar-refractivity contribution in [1.29, 1.82) is 0 Å². The van der Waals surface area contributed by atoms with Crippen molar-refractivity contribution in [2.75, 3.05) is 0 Å². The summed E-state index contributed by atoms with van der Waals surface area (Å²) in [6.07, 6.45) is 0.592. The first-order chi connectivity index (χ1) is 8.59. The highest BCUT2D eigenvalue weighted by molar-refractivity contribution is 6.18. The molecule has 0 saturated heterocycles. The first-order valence-corrected chi connectivity index (χ1v) is 5.66. The fourth-order valence-electron chi connectivity index (χ4n) is 2.38. The summed E-state index contributed by atoms with van der Waals surface area (Å²) in [6, 6.07) is 6.67. The van der Waals surface area contributed by atoms with Crippen molar-refractivity contribution in [3.8, 4) is 0 Å². The van der Waals surface area contributed by atoms with E-state index in [1.165, 1.54) is 13.0 Å². The molecule has 2 aliphatic rings. The van der Waals surface area contributed by atoms with Crippen LogP contribution in [-0.4, -0.2) is 23.5 Å². The molecule has 0 unspecified atom stereocenters. The highest BCUT2D eigenvalue weighted by Crippen LogP contribution is 2.34. The number of rotatable bonds is 1. The van der Waals surface area contributed by atoms with E-state index in [1.807, 2.05) is 0 Å². The lowest BCUT2D eigenvalue weighted by atomic mass is 9.80. The number of ether oxygens (including phenoxy) is 1. The van der Waals surface area contributed by atoms with Gasteiger partial charge in [0.05, 0.1) is 5.92 Å². The van der Waals surface area contributed by atoms with Crippen LogP contribution in [0.1, 0.15) is 27.6 Å². The Kier molecular flexibility index (Phi) is 2.20. The quantitative estimate of drug-likeness (QED) is 0.749. The van der Waals surface area contributed by atoms with Crippen LogP contribution in [-0.2, 0) is 9.53 Å². The van der Waals surface area contributed by atoms with E-state index in [1.54, 1.807) is 24.3 Å². The molecule has 0 radical (unpaired) electrons.